The molecule has 0 saturated heterocycles. The van der Waals surface area contributed by atoms with Gasteiger partial charge in [0.15, 0.2) is 0 Å². The molecular formula is C24H20N2O5S. The van der Waals surface area contributed by atoms with Gasteiger partial charge in [0.2, 0.25) is 0 Å². The average molecular weight is 449 g/mol. The Balaban J connectivity index is 1.52. The summed E-state index contributed by atoms with van der Waals surface area (Å²) in [5.74, 6) is 0.265. The van der Waals surface area contributed by atoms with Crippen molar-refractivity contribution in [3.8, 4) is 11.5 Å². The zero-order valence-electron chi connectivity index (χ0n) is 17.4. The molecule has 7 nitrogen and oxygen atoms in total. The number of sulfonamides is 1. The van der Waals surface area contributed by atoms with Crippen LogP contribution in [-0.4, -0.2) is 30.6 Å². The standard InChI is InChI=1S/C24H20N2O5S/c1-14(2)26-24(28)18-12-11-15(13-21(18)32(26,29)30)23(27)25-22-16-7-3-5-9-19(16)31-20-10-6-4-8-17(20)22/h3-14,22H,1-2H3,(H,25,27). The second-order valence-electron chi connectivity index (χ2n) is 7.99. The van der Waals surface area contributed by atoms with Crippen molar-refractivity contribution in [1.29, 1.82) is 0 Å². The summed E-state index contributed by atoms with van der Waals surface area (Å²) < 4.78 is 32.6. The predicted octanol–water partition coefficient (Wildman–Crippen LogP) is 3.86. The number of benzene rings is 3. The summed E-state index contributed by atoms with van der Waals surface area (Å²) in [4.78, 5) is 25.6. The Bertz CT molecular complexity index is 1340. The Hall–Kier alpha value is -3.65. The molecular weight excluding hydrogens is 428 g/mol. The summed E-state index contributed by atoms with van der Waals surface area (Å²) in [6, 6.07) is 18.0. The minimum atomic E-state index is -4.00. The van der Waals surface area contributed by atoms with Gasteiger partial charge in [0.05, 0.1) is 11.6 Å². The number of hydrogen-bond donors (Lipinski definition) is 1. The first-order valence-electron chi connectivity index (χ1n) is 10.2. The molecule has 0 aliphatic carbocycles. The molecule has 3 aromatic rings. The fourth-order valence-corrected chi connectivity index (χ4v) is 5.97. The Kier molecular flexibility index (Phi) is 4.56. The van der Waals surface area contributed by atoms with E-state index in [-0.39, 0.29) is 16.0 Å². The van der Waals surface area contributed by atoms with E-state index in [2.05, 4.69) is 5.32 Å². The number of para-hydroxylation sites is 2. The molecule has 2 aliphatic rings. The Morgan fingerprint density at radius 3 is 2.16 bits per heavy atom. The maximum atomic E-state index is 13.2. The highest BCUT2D eigenvalue weighted by Gasteiger charge is 2.43. The lowest BCUT2D eigenvalue weighted by Gasteiger charge is -2.28. The molecule has 0 unspecified atom stereocenters. The molecule has 5 rings (SSSR count). The van der Waals surface area contributed by atoms with E-state index in [1.807, 2.05) is 48.5 Å². The van der Waals surface area contributed by atoms with E-state index in [4.69, 9.17) is 4.74 Å². The van der Waals surface area contributed by atoms with Gasteiger partial charge < -0.3 is 10.1 Å². The number of amides is 2. The topological polar surface area (TPSA) is 92.8 Å². The summed E-state index contributed by atoms with van der Waals surface area (Å²) in [7, 11) is -4.00. The normalized spacial score (nSPS) is 16.2. The van der Waals surface area contributed by atoms with Crippen molar-refractivity contribution in [2.24, 2.45) is 0 Å². The second kappa shape index (κ2) is 7.20. The summed E-state index contributed by atoms with van der Waals surface area (Å²) >= 11 is 0. The molecule has 2 heterocycles. The zero-order valence-corrected chi connectivity index (χ0v) is 18.2. The van der Waals surface area contributed by atoms with Gasteiger partial charge in [-0.2, -0.15) is 0 Å². The van der Waals surface area contributed by atoms with Crippen molar-refractivity contribution in [2.45, 2.75) is 30.8 Å². The lowest BCUT2D eigenvalue weighted by Crippen LogP contribution is -2.36. The van der Waals surface area contributed by atoms with Gasteiger partial charge in [-0.1, -0.05) is 36.4 Å². The first-order chi connectivity index (χ1) is 15.3. The van der Waals surface area contributed by atoms with Crippen LogP contribution in [0.5, 0.6) is 11.5 Å². The zero-order chi connectivity index (χ0) is 22.6. The van der Waals surface area contributed by atoms with Crippen LogP contribution in [0.15, 0.2) is 71.6 Å². The molecule has 32 heavy (non-hydrogen) atoms. The molecule has 0 aromatic heterocycles. The van der Waals surface area contributed by atoms with Gasteiger partial charge >= 0.3 is 0 Å². The minimum absolute atomic E-state index is 0.0806. The van der Waals surface area contributed by atoms with Crippen molar-refractivity contribution in [3.05, 3.63) is 89.0 Å². The SMILES string of the molecule is CC(C)N1C(=O)c2ccc(C(=O)NC3c4ccccc4Oc4ccccc43)cc2S1(=O)=O. The van der Waals surface area contributed by atoms with Crippen LogP contribution in [-0.2, 0) is 10.0 Å². The van der Waals surface area contributed by atoms with Crippen LogP contribution < -0.4 is 10.1 Å². The van der Waals surface area contributed by atoms with Gasteiger partial charge in [-0.25, -0.2) is 12.7 Å². The quantitative estimate of drug-likeness (QED) is 0.657. The molecule has 3 aromatic carbocycles. The third kappa shape index (κ3) is 2.98. The van der Waals surface area contributed by atoms with E-state index >= 15 is 0 Å². The molecule has 0 spiro atoms. The molecule has 1 N–H and O–H groups in total. The number of fused-ring (bicyclic) bond motifs is 3. The molecule has 0 atom stereocenters. The van der Waals surface area contributed by atoms with E-state index in [1.54, 1.807) is 13.8 Å². The molecule has 162 valence electrons. The van der Waals surface area contributed by atoms with Crippen LogP contribution in [0, 0.1) is 0 Å². The lowest BCUT2D eigenvalue weighted by atomic mass is 9.94. The van der Waals surface area contributed by atoms with E-state index in [9.17, 15) is 18.0 Å². The highest BCUT2D eigenvalue weighted by atomic mass is 32.2. The Morgan fingerprint density at radius 2 is 1.56 bits per heavy atom. The first-order valence-corrected chi connectivity index (χ1v) is 11.6. The van der Waals surface area contributed by atoms with Crippen molar-refractivity contribution < 1.29 is 22.7 Å². The molecule has 2 amide bonds. The lowest BCUT2D eigenvalue weighted by molar-refractivity contribution is 0.0845. The summed E-state index contributed by atoms with van der Waals surface area (Å²) in [6.45, 7) is 3.27. The van der Waals surface area contributed by atoms with Gasteiger partial charge in [0.1, 0.15) is 16.4 Å². The van der Waals surface area contributed by atoms with Gasteiger partial charge in [-0.05, 0) is 44.2 Å². The first kappa shape index (κ1) is 20.3. The number of nitrogens with zero attached hydrogens (tertiary/aromatic N) is 1. The van der Waals surface area contributed by atoms with Gasteiger partial charge in [0, 0.05) is 22.7 Å². The smallest absolute Gasteiger partial charge is 0.269 e. The van der Waals surface area contributed by atoms with Crippen LogP contribution in [0.2, 0.25) is 0 Å². The van der Waals surface area contributed by atoms with Crippen molar-refractivity contribution >= 4 is 21.8 Å². The largest absolute Gasteiger partial charge is 0.457 e. The molecule has 0 radical (unpaired) electrons. The molecule has 0 saturated carbocycles. The van der Waals surface area contributed by atoms with E-state index < -0.39 is 33.9 Å². The third-order valence-electron chi connectivity index (χ3n) is 5.64. The second-order valence-corrected chi connectivity index (χ2v) is 9.78. The molecule has 8 heteroatoms. The number of carbonyl (C=O) groups excluding carboxylic acids is 2. The van der Waals surface area contributed by atoms with Gasteiger partial charge in [-0.3, -0.25) is 9.59 Å². The van der Waals surface area contributed by atoms with Crippen LogP contribution in [0.1, 0.15) is 51.7 Å². The number of hydrogen-bond acceptors (Lipinski definition) is 5. The van der Waals surface area contributed by atoms with Crippen molar-refractivity contribution in [3.63, 3.8) is 0 Å². The summed E-state index contributed by atoms with van der Waals surface area (Å²) in [5.41, 5.74) is 1.84. The average Bonchev–Trinajstić information content (AvgIpc) is 2.98. The Morgan fingerprint density at radius 1 is 0.969 bits per heavy atom. The number of ether oxygens (including phenoxy) is 1. The molecule has 0 fully saturated rings. The maximum Gasteiger partial charge on any atom is 0.269 e. The maximum absolute atomic E-state index is 13.2. The fraction of sp³-hybridized carbons (Fsp3) is 0.167. The van der Waals surface area contributed by atoms with Gasteiger partial charge in [-0.15, -0.1) is 0 Å². The van der Waals surface area contributed by atoms with Crippen molar-refractivity contribution in [1.82, 2.24) is 9.62 Å². The third-order valence-corrected chi connectivity index (χ3v) is 7.63. The van der Waals surface area contributed by atoms with Gasteiger partial charge in [0.25, 0.3) is 21.8 Å². The van der Waals surface area contributed by atoms with Crippen LogP contribution in [0.25, 0.3) is 0 Å². The van der Waals surface area contributed by atoms with E-state index in [0.717, 1.165) is 15.4 Å². The minimum Gasteiger partial charge on any atom is -0.457 e. The van der Waals surface area contributed by atoms with Crippen LogP contribution >= 0.6 is 0 Å². The predicted molar refractivity (Wildman–Crippen MR) is 117 cm³/mol. The summed E-state index contributed by atoms with van der Waals surface area (Å²) in [5, 5.41) is 3.00. The van der Waals surface area contributed by atoms with Crippen molar-refractivity contribution in [2.75, 3.05) is 0 Å². The fourth-order valence-electron chi connectivity index (χ4n) is 4.18. The van der Waals surface area contributed by atoms with E-state index in [1.165, 1.54) is 18.2 Å². The molecule has 2 aliphatic heterocycles. The Labute approximate surface area is 185 Å². The monoisotopic (exact) mass is 448 g/mol. The summed E-state index contributed by atoms with van der Waals surface area (Å²) in [6.07, 6.45) is 0. The number of nitrogens with one attached hydrogen (secondary N) is 1. The highest BCUT2D eigenvalue weighted by Crippen LogP contribution is 2.42. The van der Waals surface area contributed by atoms with Crippen LogP contribution in [0.3, 0.4) is 0 Å². The van der Waals surface area contributed by atoms with Crippen LogP contribution in [0.4, 0.5) is 0 Å². The number of carbonyl (C=O) groups is 2. The number of rotatable bonds is 3. The van der Waals surface area contributed by atoms with E-state index in [0.29, 0.717) is 11.5 Å². The highest BCUT2D eigenvalue weighted by molar-refractivity contribution is 7.90. The molecule has 0 bridgehead atoms.